The minimum absolute atomic E-state index is 0.197. The van der Waals surface area contributed by atoms with Crippen LogP contribution in [0.5, 0.6) is 0 Å². The molecule has 0 radical (unpaired) electrons. The molecule has 8 nitrogen and oxygen atoms in total. The van der Waals surface area contributed by atoms with Gasteiger partial charge in [-0.05, 0) is 38.0 Å². The van der Waals surface area contributed by atoms with E-state index in [0.717, 1.165) is 42.0 Å². The predicted molar refractivity (Wildman–Crippen MR) is 115 cm³/mol. The number of cyclic esters (lactones) is 1. The smallest absolute Gasteiger partial charge is 0.338 e. The summed E-state index contributed by atoms with van der Waals surface area (Å²) in [5.74, 6) is 0.500. The SMILES string of the molecule is Cc1cnc(-n2cc(CN3CC(C)N[C@H](c4ccc5c(c4C)COC5=O)C3)cn2)cn1. The van der Waals surface area contributed by atoms with E-state index in [0.29, 0.717) is 24.0 Å². The third-order valence-electron chi connectivity index (χ3n) is 6.09. The Morgan fingerprint density at radius 1 is 1.16 bits per heavy atom. The second kappa shape index (κ2) is 7.86. The number of aryl methyl sites for hydroxylation is 1. The summed E-state index contributed by atoms with van der Waals surface area (Å²) in [5.41, 5.74) is 6.14. The van der Waals surface area contributed by atoms with Crippen molar-refractivity contribution >= 4 is 5.97 Å². The minimum atomic E-state index is -0.216. The van der Waals surface area contributed by atoms with E-state index in [1.165, 1.54) is 5.56 Å². The number of rotatable bonds is 4. The van der Waals surface area contributed by atoms with Crippen LogP contribution in [0.3, 0.4) is 0 Å². The van der Waals surface area contributed by atoms with Gasteiger partial charge in [0.1, 0.15) is 6.61 Å². The van der Waals surface area contributed by atoms with Crippen molar-refractivity contribution in [1.82, 2.24) is 30.0 Å². The topological polar surface area (TPSA) is 85.2 Å². The summed E-state index contributed by atoms with van der Waals surface area (Å²) in [4.78, 5) is 23.0. The van der Waals surface area contributed by atoms with Gasteiger partial charge in [0.2, 0.25) is 0 Å². The number of nitrogens with zero attached hydrogens (tertiary/aromatic N) is 5. The molecule has 1 aromatic carbocycles. The molecule has 31 heavy (non-hydrogen) atoms. The van der Waals surface area contributed by atoms with E-state index in [2.05, 4.69) is 45.2 Å². The molecule has 1 saturated heterocycles. The number of aromatic nitrogens is 4. The van der Waals surface area contributed by atoms with E-state index in [9.17, 15) is 4.79 Å². The lowest BCUT2D eigenvalue weighted by atomic mass is 9.92. The molecule has 0 saturated carbocycles. The second-order valence-corrected chi connectivity index (χ2v) is 8.51. The van der Waals surface area contributed by atoms with Crippen LogP contribution in [-0.4, -0.2) is 49.7 Å². The van der Waals surface area contributed by atoms with Crippen LogP contribution in [0.15, 0.2) is 36.9 Å². The molecule has 8 heteroatoms. The molecule has 5 rings (SSSR count). The van der Waals surface area contributed by atoms with Crippen LogP contribution in [0.2, 0.25) is 0 Å². The zero-order valence-corrected chi connectivity index (χ0v) is 18.0. The molecule has 2 aromatic heterocycles. The number of piperazine rings is 1. The van der Waals surface area contributed by atoms with Gasteiger partial charge in [0.05, 0.1) is 29.8 Å². The Bertz CT molecular complexity index is 1120. The van der Waals surface area contributed by atoms with Crippen LogP contribution in [0.1, 0.15) is 51.3 Å². The maximum absolute atomic E-state index is 11.9. The number of ether oxygens (including phenoxy) is 1. The van der Waals surface area contributed by atoms with Crippen molar-refractivity contribution in [2.75, 3.05) is 13.1 Å². The van der Waals surface area contributed by atoms with Gasteiger partial charge in [0.15, 0.2) is 5.82 Å². The Balaban J connectivity index is 1.33. The Morgan fingerprint density at radius 3 is 2.84 bits per heavy atom. The van der Waals surface area contributed by atoms with Crippen LogP contribution < -0.4 is 5.32 Å². The van der Waals surface area contributed by atoms with E-state index < -0.39 is 0 Å². The van der Waals surface area contributed by atoms with Gasteiger partial charge in [-0.3, -0.25) is 9.88 Å². The van der Waals surface area contributed by atoms with Gasteiger partial charge >= 0.3 is 5.97 Å². The standard InChI is InChI=1S/C23H26N6O2/c1-14-6-25-22(8-24-14)29-11-17(7-26-29)10-28-9-15(2)27-21(12-28)18-4-5-19-20(16(18)3)13-31-23(19)30/h4-8,11,15,21,27H,9-10,12-13H2,1-3H3/t15?,21-/m0/s1. The molecule has 2 atom stereocenters. The molecule has 0 bridgehead atoms. The number of fused-ring (bicyclic) bond motifs is 1. The van der Waals surface area contributed by atoms with Crippen LogP contribution in [0, 0.1) is 13.8 Å². The Hall–Kier alpha value is -3.10. The number of hydrogen-bond donors (Lipinski definition) is 1. The molecular formula is C23H26N6O2. The van der Waals surface area contributed by atoms with Crippen molar-refractivity contribution in [2.24, 2.45) is 0 Å². The van der Waals surface area contributed by atoms with E-state index in [1.54, 1.807) is 17.1 Å². The largest absolute Gasteiger partial charge is 0.457 e. The third-order valence-corrected chi connectivity index (χ3v) is 6.09. The molecule has 4 heterocycles. The van der Waals surface area contributed by atoms with Crippen molar-refractivity contribution in [2.45, 2.75) is 46.0 Å². The zero-order valence-electron chi connectivity index (χ0n) is 18.0. The summed E-state index contributed by atoms with van der Waals surface area (Å²) in [5, 5.41) is 8.19. The molecular weight excluding hydrogens is 392 g/mol. The highest BCUT2D eigenvalue weighted by Crippen LogP contribution is 2.31. The highest BCUT2D eigenvalue weighted by atomic mass is 16.5. The summed E-state index contributed by atoms with van der Waals surface area (Å²) in [6.07, 6.45) is 7.40. The Labute approximate surface area is 181 Å². The van der Waals surface area contributed by atoms with E-state index in [4.69, 9.17) is 4.74 Å². The molecule has 2 aliphatic heterocycles. The van der Waals surface area contributed by atoms with Crippen LogP contribution in [0.4, 0.5) is 0 Å². The fourth-order valence-corrected chi connectivity index (χ4v) is 4.56. The van der Waals surface area contributed by atoms with E-state index >= 15 is 0 Å². The summed E-state index contributed by atoms with van der Waals surface area (Å²) < 4.78 is 6.99. The molecule has 1 unspecified atom stereocenters. The number of carbonyl (C=O) groups is 1. The first-order chi connectivity index (χ1) is 15.0. The second-order valence-electron chi connectivity index (χ2n) is 8.51. The van der Waals surface area contributed by atoms with Crippen molar-refractivity contribution in [3.05, 3.63) is 70.4 Å². The molecule has 1 N–H and O–H groups in total. The normalized spacial score (nSPS) is 21.2. The highest BCUT2D eigenvalue weighted by molar-refractivity contribution is 5.94. The maximum Gasteiger partial charge on any atom is 0.338 e. The van der Waals surface area contributed by atoms with E-state index in [1.807, 2.05) is 25.4 Å². The zero-order chi connectivity index (χ0) is 21.5. The maximum atomic E-state index is 11.9. The summed E-state index contributed by atoms with van der Waals surface area (Å²) >= 11 is 0. The fourth-order valence-electron chi connectivity index (χ4n) is 4.56. The van der Waals surface area contributed by atoms with Gasteiger partial charge < -0.3 is 10.1 Å². The highest BCUT2D eigenvalue weighted by Gasteiger charge is 2.30. The number of carbonyl (C=O) groups excluding carboxylic acids is 1. The lowest BCUT2D eigenvalue weighted by molar-refractivity contribution is 0.0535. The minimum Gasteiger partial charge on any atom is -0.457 e. The number of hydrogen-bond acceptors (Lipinski definition) is 7. The summed E-state index contributed by atoms with van der Waals surface area (Å²) in [6, 6.07) is 4.53. The van der Waals surface area contributed by atoms with Crippen molar-refractivity contribution < 1.29 is 9.53 Å². The predicted octanol–water partition coefficient (Wildman–Crippen LogP) is 2.48. The molecule has 160 valence electrons. The monoisotopic (exact) mass is 418 g/mol. The first kappa shape index (κ1) is 19.8. The fraction of sp³-hybridized carbons (Fsp3) is 0.391. The van der Waals surface area contributed by atoms with Crippen LogP contribution >= 0.6 is 0 Å². The molecule has 0 aliphatic carbocycles. The quantitative estimate of drug-likeness (QED) is 0.652. The van der Waals surface area contributed by atoms with Crippen molar-refractivity contribution in [1.29, 1.82) is 0 Å². The molecule has 2 aliphatic rings. The van der Waals surface area contributed by atoms with Gasteiger partial charge in [-0.1, -0.05) is 6.07 Å². The average Bonchev–Trinajstić information content (AvgIpc) is 3.36. The number of benzene rings is 1. The van der Waals surface area contributed by atoms with Gasteiger partial charge in [0, 0.05) is 49.0 Å². The van der Waals surface area contributed by atoms with Gasteiger partial charge in [-0.25, -0.2) is 14.5 Å². The molecule has 1 fully saturated rings. The Kier molecular flexibility index (Phi) is 5.03. The Morgan fingerprint density at radius 2 is 2.03 bits per heavy atom. The lowest BCUT2D eigenvalue weighted by Crippen LogP contribution is -2.50. The summed E-state index contributed by atoms with van der Waals surface area (Å²) in [7, 11) is 0. The van der Waals surface area contributed by atoms with Crippen molar-refractivity contribution in [3.63, 3.8) is 0 Å². The molecule has 3 aromatic rings. The van der Waals surface area contributed by atoms with Crippen molar-refractivity contribution in [3.8, 4) is 5.82 Å². The van der Waals surface area contributed by atoms with Crippen LogP contribution in [0.25, 0.3) is 5.82 Å². The summed E-state index contributed by atoms with van der Waals surface area (Å²) in [6.45, 7) is 9.24. The van der Waals surface area contributed by atoms with Gasteiger partial charge in [-0.15, -0.1) is 0 Å². The van der Waals surface area contributed by atoms with Gasteiger partial charge in [-0.2, -0.15) is 5.10 Å². The number of nitrogens with one attached hydrogen (secondary N) is 1. The number of esters is 1. The van der Waals surface area contributed by atoms with Gasteiger partial charge in [0.25, 0.3) is 0 Å². The average molecular weight is 419 g/mol. The third kappa shape index (κ3) is 3.84. The first-order valence-corrected chi connectivity index (χ1v) is 10.6. The lowest BCUT2D eigenvalue weighted by Gasteiger charge is -2.38. The molecule has 0 amide bonds. The first-order valence-electron chi connectivity index (χ1n) is 10.6. The van der Waals surface area contributed by atoms with Crippen LogP contribution in [-0.2, 0) is 17.9 Å². The van der Waals surface area contributed by atoms with E-state index in [-0.39, 0.29) is 12.0 Å². The molecule has 0 spiro atoms.